The van der Waals surface area contributed by atoms with Gasteiger partial charge in [-0.3, -0.25) is 10.3 Å². The Morgan fingerprint density at radius 1 is 1.10 bits per heavy atom. The summed E-state index contributed by atoms with van der Waals surface area (Å²) < 4.78 is 11.7. The molecule has 1 amide bonds. The Balaban J connectivity index is 2.29. The monoisotopic (exact) mass is 442 g/mol. The second kappa shape index (κ2) is 9.09. The molecule has 0 fully saturated rings. The van der Waals surface area contributed by atoms with E-state index in [1.807, 2.05) is 30.3 Å². The Morgan fingerprint density at radius 3 is 2.39 bits per heavy atom. The highest BCUT2D eigenvalue weighted by molar-refractivity contribution is 6.74. The molecule has 0 spiro atoms. The number of alkyl carbamates (subject to hydrolysis) is 1. The number of nitrogens with two attached hydrogens (primary N) is 1. The summed E-state index contributed by atoms with van der Waals surface area (Å²) in [4.78, 5) is 20.7. The van der Waals surface area contributed by atoms with Crippen LogP contribution in [-0.4, -0.2) is 31.0 Å². The van der Waals surface area contributed by atoms with E-state index in [-0.39, 0.29) is 11.0 Å². The zero-order valence-corrected chi connectivity index (χ0v) is 20.7. The number of carbonyl (C=O) groups excluding carboxylic acids is 1. The van der Waals surface area contributed by atoms with Gasteiger partial charge in [-0.25, -0.2) is 9.79 Å². The van der Waals surface area contributed by atoms with Crippen molar-refractivity contribution >= 4 is 26.1 Å². The highest BCUT2D eigenvalue weighted by atomic mass is 28.4. The van der Waals surface area contributed by atoms with Crippen LogP contribution in [0, 0.1) is 0 Å². The molecule has 0 saturated carbocycles. The zero-order valence-electron chi connectivity index (χ0n) is 19.7. The summed E-state index contributed by atoms with van der Waals surface area (Å²) in [7, 11) is -2.04. The second-order valence-electron chi connectivity index (χ2n) is 9.89. The van der Waals surface area contributed by atoms with Gasteiger partial charge in [0, 0.05) is 11.8 Å². The lowest BCUT2D eigenvalue weighted by Crippen LogP contribution is -2.44. The van der Waals surface area contributed by atoms with Crippen LogP contribution in [0.15, 0.2) is 47.6 Å². The lowest BCUT2D eigenvalue weighted by atomic mass is 10.1. The van der Waals surface area contributed by atoms with Gasteiger partial charge >= 0.3 is 6.09 Å². The van der Waals surface area contributed by atoms with Crippen LogP contribution in [-0.2, 0) is 4.74 Å². The maximum atomic E-state index is 11.9. The number of guanidine groups is 1. The lowest BCUT2D eigenvalue weighted by Gasteiger charge is -2.36. The molecule has 7 nitrogen and oxygen atoms in total. The molecule has 0 bridgehead atoms. The molecule has 0 saturated heterocycles. The number of pyridine rings is 1. The van der Waals surface area contributed by atoms with Crippen molar-refractivity contribution in [2.24, 2.45) is 10.7 Å². The van der Waals surface area contributed by atoms with Gasteiger partial charge in [0.2, 0.25) is 5.96 Å². The minimum Gasteiger partial charge on any atom is -0.542 e. The molecule has 0 aliphatic heterocycles. The number of rotatable bonds is 4. The number of amides is 1. The summed E-state index contributed by atoms with van der Waals surface area (Å²) in [6.45, 7) is 16.3. The molecule has 0 atom stereocenters. The molecule has 3 N–H and O–H groups in total. The molecule has 1 aromatic carbocycles. The number of benzene rings is 1. The molecule has 31 heavy (non-hydrogen) atoms. The zero-order chi connectivity index (χ0) is 23.4. The van der Waals surface area contributed by atoms with Gasteiger partial charge < -0.3 is 14.9 Å². The van der Waals surface area contributed by atoms with Gasteiger partial charge in [0.1, 0.15) is 17.0 Å². The van der Waals surface area contributed by atoms with Gasteiger partial charge in [0.25, 0.3) is 8.32 Å². The first kappa shape index (κ1) is 24.4. The molecular formula is C23H34N4O3Si. The van der Waals surface area contributed by atoms with E-state index in [1.54, 1.807) is 33.0 Å². The number of ether oxygens (including phenoxy) is 1. The van der Waals surface area contributed by atoms with Crippen LogP contribution in [0.5, 0.6) is 5.75 Å². The highest BCUT2D eigenvalue weighted by Crippen LogP contribution is 2.39. The predicted octanol–water partition coefficient (Wildman–Crippen LogP) is 5.60. The normalized spacial score (nSPS) is 13.0. The molecule has 0 unspecified atom stereocenters. The standard InChI is InChI=1S/C23H34N4O3Si/c1-22(2,3)29-21(28)27-20(24)26-17-12-9-11-16(15-17)19-18(13-10-14-25-19)30-31(7,8)23(4,5)6/h9-15H,1-8H3,(H3,24,26,27,28). The average molecular weight is 443 g/mol. The summed E-state index contributed by atoms with van der Waals surface area (Å²) in [5, 5.41) is 2.50. The van der Waals surface area contributed by atoms with Gasteiger partial charge in [-0.15, -0.1) is 0 Å². The van der Waals surface area contributed by atoms with E-state index in [1.165, 1.54) is 0 Å². The topological polar surface area (TPSA) is 98.8 Å². The lowest BCUT2D eigenvalue weighted by molar-refractivity contribution is 0.0562. The molecule has 1 heterocycles. The van der Waals surface area contributed by atoms with Gasteiger partial charge in [-0.1, -0.05) is 32.9 Å². The van der Waals surface area contributed by atoms with Crippen LogP contribution in [0.4, 0.5) is 10.5 Å². The first-order chi connectivity index (χ1) is 14.2. The third-order valence-corrected chi connectivity index (χ3v) is 9.28. The Kier molecular flexibility index (Phi) is 7.16. The van der Waals surface area contributed by atoms with E-state index in [9.17, 15) is 4.79 Å². The van der Waals surface area contributed by atoms with Crippen LogP contribution < -0.4 is 15.5 Å². The van der Waals surface area contributed by atoms with Crippen molar-refractivity contribution in [3.8, 4) is 17.0 Å². The maximum absolute atomic E-state index is 11.9. The summed E-state index contributed by atoms with van der Waals surface area (Å²) in [6.07, 6.45) is 1.09. The van der Waals surface area contributed by atoms with Gasteiger partial charge in [-0.05, 0) is 63.2 Å². The Hall–Kier alpha value is -2.87. The fourth-order valence-electron chi connectivity index (χ4n) is 2.42. The molecular weight excluding hydrogens is 408 g/mol. The second-order valence-corrected chi connectivity index (χ2v) is 14.6. The first-order valence-corrected chi connectivity index (χ1v) is 13.2. The number of aromatic nitrogens is 1. The summed E-state index contributed by atoms with van der Waals surface area (Å²) >= 11 is 0. The van der Waals surface area contributed by atoms with Crippen molar-refractivity contribution in [3.63, 3.8) is 0 Å². The Labute approximate surface area is 186 Å². The molecule has 168 valence electrons. The van der Waals surface area contributed by atoms with E-state index < -0.39 is 20.0 Å². The fraction of sp³-hybridized carbons (Fsp3) is 0.435. The molecule has 0 radical (unpaired) electrons. The molecule has 2 rings (SSSR count). The summed E-state index contributed by atoms with van der Waals surface area (Å²) in [5.41, 5.74) is 7.42. The van der Waals surface area contributed by atoms with Crippen LogP contribution in [0.1, 0.15) is 41.5 Å². The largest absolute Gasteiger partial charge is 0.542 e. The van der Waals surface area contributed by atoms with Gasteiger partial charge in [0.05, 0.1) is 5.69 Å². The Morgan fingerprint density at radius 2 is 1.77 bits per heavy atom. The smallest absolute Gasteiger partial charge is 0.414 e. The van der Waals surface area contributed by atoms with Crippen LogP contribution in [0.25, 0.3) is 11.3 Å². The molecule has 0 aliphatic rings. The van der Waals surface area contributed by atoms with Crippen molar-refractivity contribution in [1.29, 1.82) is 0 Å². The molecule has 2 aromatic rings. The molecule has 0 aliphatic carbocycles. The number of aliphatic imine (C=N–C) groups is 1. The quantitative estimate of drug-likeness (QED) is 0.364. The van der Waals surface area contributed by atoms with E-state index >= 15 is 0 Å². The van der Waals surface area contributed by atoms with Crippen molar-refractivity contribution in [2.75, 3.05) is 0 Å². The number of nitrogens with zero attached hydrogens (tertiary/aromatic N) is 2. The fourth-order valence-corrected chi connectivity index (χ4v) is 3.44. The minimum absolute atomic E-state index is 0.0508. The summed E-state index contributed by atoms with van der Waals surface area (Å²) in [5.74, 6) is 0.695. The van der Waals surface area contributed by atoms with Gasteiger partial charge in [-0.2, -0.15) is 0 Å². The number of hydrogen-bond acceptors (Lipinski definition) is 5. The van der Waals surface area contributed by atoms with E-state index in [0.717, 1.165) is 17.0 Å². The van der Waals surface area contributed by atoms with Gasteiger partial charge in [0.15, 0.2) is 0 Å². The van der Waals surface area contributed by atoms with E-state index in [2.05, 4.69) is 49.2 Å². The first-order valence-electron chi connectivity index (χ1n) is 10.3. The van der Waals surface area contributed by atoms with Crippen LogP contribution >= 0.6 is 0 Å². The third-order valence-electron chi connectivity index (χ3n) is 4.94. The van der Waals surface area contributed by atoms with E-state index in [4.69, 9.17) is 14.9 Å². The Bertz CT molecular complexity index is 960. The average Bonchev–Trinajstić information content (AvgIpc) is 2.59. The SMILES string of the molecule is CC(C)(C)OC(=O)NC(N)=Nc1cccc(-c2ncccc2O[Si](C)(C)C(C)(C)C)c1. The number of nitrogens with one attached hydrogen (secondary N) is 1. The number of carbonyl (C=O) groups is 1. The van der Waals surface area contributed by atoms with Crippen molar-refractivity contribution < 1.29 is 14.0 Å². The van der Waals surface area contributed by atoms with Crippen molar-refractivity contribution in [1.82, 2.24) is 10.3 Å². The minimum atomic E-state index is -2.04. The predicted molar refractivity (Wildman–Crippen MR) is 128 cm³/mol. The molecule has 1 aromatic heterocycles. The van der Waals surface area contributed by atoms with Crippen molar-refractivity contribution in [2.45, 2.75) is 65.3 Å². The number of hydrogen-bond donors (Lipinski definition) is 2. The van der Waals surface area contributed by atoms with Crippen LogP contribution in [0.2, 0.25) is 18.1 Å². The third kappa shape index (κ3) is 7.10. The molecule has 8 heteroatoms. The highest BCUT2D eigenvalue weighted by Gasteiger charge is 2.39. The van der Waals surface area contributed by atoms with Crippen LogP contribution in [0.3, 0.4) is 0 Å². The maximum Gasteiger partial charge on any atom is 0.414 e. The summed E-state index contributed by atoms with van der Waals surface area (Å²) in [6, 6.07) is 11.3. The van der Waals surface area contributed by atoms with Crippen molar-refractivity contribution in [3.05, 3.63) is 42.6 Å². The van der Waals surface area contributed by atoms with E-state index in [0.29, 0.717) is 5.69 Å².